The van der Waals surface area contributed by atoms with Gasteiger partial charge in [0.1, 0.15) is 0 Å². The first-order valence-corrected chi connectivity index (χ1v) is 5.93. The largest absolute Gasteiger partial charge is 0.396 e. The van der Waals surface area contributed by atoms with Crippen molar-refractivity contribution in [3.05, 3.63) is 33.3 Å². The van der Waals surface area contributed by atoms with Crippen LogP contribution in [-0.2, 0) is 12.8 Å². The number of benzene rings is 1. The van der Waals surface area contributed by atoms with Gasteiger partial charge in [-0.15, -0.1) is 0 Å². The summed E-state index contributed by atoms with van der Waals surface area (Å²) < 4.78 is 1.15. The third kappa shape index (κ3) is 1.73. The van der Waals surface area contributed by atoms with Crippen molar-refractivity contribution in [2.45, 2.75) is 32.1 Å². The molecule has 0 aliphatic heterocycles. The van der Waals surface area contributed by atoms with Gasteiger partial charge in [0, 0.05) is 17.0 Å². The van der Waals surface area contributed by atoms with Crippen LogP contribution >= 0.6 is 15.9 Å². The Morgan fingerprint density at radius 2 is 2.21 bits per heavy atom. The zero-order valence-corrected chi connectivity index (χ0v) is 9.97. The molecule has 2 heteroatoms. The van der Waals surface area contributed by atoms with Crippen molar-refractivity contribution in [1.29, 1.82) is 0 Å². The lowest BCUT2D eigenvalue weighted by molar-refractivity contribution is 0.272. The molecule has 14 heavy (non-hydrogen) atoms. The van der Waals surface area contributed by atoms with E-state index in [0.29, 0.717) is 0 Å². The molecule has 1 atom stereocenters. The summed E-state index contributed by atoms with van der Waals surface area (Å²) in [5.74, 6) is 0.263. The minimum atomic E-state index is 0.239. The normalized spacial score (nSPS) is 16.8. The highest BCUT2D eigenvalue weighted by atomic mass is 79.9. The fraction of sp³-hybridized carbons (Fsp3) is 0.500. The van der Waals surface area contributed by atoms with Crippen molar-refractivity contribution < 1.29 is 5.11 Å². The van der Waals surface area contributed by atoms with E-state index in [1.807, 2.05) is 0 Å². The van der Waals surface area contributed by atoms with E-state index in [4.69, 9.17) is 0 Å². The Balaban J connectivity index is 2.48. The molecule has 1 aromatic carbocycles. The van der Waals surface area contributed by atoms with Crippen LogP contribution in [0, 0.1) is 0 Å². The highest BCUT2D eigenvalue weighted by Gasteiger charge is 2.18. The number of rotatable bonds is 2. The molecule has 0 saturated carbocycles. The third-order valence-electron chi connectivity index (χ3n) is 3.02. The minimum absolute atomic E-state index is 0.239. The van der Waals surface area contributed by atoms with Gasteiger partial charge < -0.3 is 5.11 Å². The number of aryl methyl sites for hydroxylation is 1. The van der Waals surface area contributed by atoms with Crippen LogP contribution in [0.25, 0.3) is 0 Å². The summed E-state index contributed by atoms with van der Waals surface area (Å²) in [5, 5.41) is 9.20. The summed E-state index contributed by atoms with van der Waals surface area (Å²) in [6, 6.07) is 4.38. The molecule has 0 fully saturated rings. The summed E-state index contributed by atoms with van der Waals surface area (Å²) in [5.41, 5.74) is 4.28. The van der Waals surface area contributed by atoms with Crippen molar-refractivity contribution in [1.82, 2.24) is 0 Å². The monoisotopic (exact) mass is 254 g/mol. The number of halogens is 1. The quantitative estimate of drug-likeness (QED) is 0.861. The molecule has 76 valence electrons. The zero-order chi connectivity index (χ0) is 10.1. The smallest absolute Gasteiger partial charge is 0.0497 e. The Kier molecular flexibility index (Phi) is 2.93. The number of aliphatic hydroxyl groups excluding tert-OH is 1. The number of hydrogen-bond donors (Lipinski definition) is 1. The van der Waals surface area contributed by atoms with Gasteiger partial charge in [-0.25, -0.2) is 0 Å². The molecule has 0 bridgehead atoms. The van der Waals surface area contributed by atoms with E-state index in [1.54, 1.807) is 0 Å². The van der Waals surface area contributed by atoms with E-state index >= 15 is 0 Å². The molecular weight excluding hydrogens is 240 g/mol. The maximum absolute atomic E-state index is 9.20. The van der Waals surface area contributed by atoms with Crippen molar-refractivity contribution in [3.63, 3.8) is 0 Å². The van der Waals surface area contributed by atoms with E-state index in [0.717, 1.165) is 4.47 Å². The van der Waals surface area contributed by atoms with Crippen LogP contribution in [0.2, 0.25) is 0 Å². The Labute approximate surface area is 93.3 Å². The average Bonchev–Trinajstić information content (AvgIpc) is 2.62. The Hall–Kier alpha value is -0.340. The van der Waals surface area contributed by atoms with Crippen LogP contribution in [0.4, 0.5) is 0 Å². The van der Waals surface area contributed by atoms with E-state index < -0.39 is 0 Å². The Bertz CT molecular complexity index is 346. The molecule has 1 nitrogen and oxygen atoms in total. The number of aliphatic hydroxyl groups is 1. The van der Waals surface area contributed by atoms with Crippen molar-refractivity contribution in [3.8, 4) is 0 Å². The summed E-state index contributed by atoms with van der Waals surface area (Å²) in [7, 11) is 0. The molecule has 0 amide bonds. The fourth-order valence-electron chi connectivity index (χ4n) is 2.24. The van der Waals surface area contributed by atoms with Crippen molar-refractivity contribution in [2.75, 3.05) is 6.61 Å². The van der Waals surface area contributed by atoms with E-state index in [9.17, 15) is 5.11 Å². The van der Waals surface area contributed by atoms with Gasteiger partial charge in [-0.05, 0) is 48.1 Å². The van der Waals surface area contributed by atoms with Gasteiger partial charge >= 0.3 is 0 Å². The fourth-order valence-corrected chi connectivity index (χ4v) is 2.76. The first kappa shape index (κ1) is 10.2. The number of fused-ring (bicyclic) bond motifs is 1. The molecule has 1 unspecified atom stereocenters. The van der Waals surface area contributed by atoms with Crippen LogP contribution in [0.15, 0.2) is 16.6 Å². The second kappa shape index (κ2) is 4.03. The molecule has 0 heterocycles. The molecule has 0 aromatic heterocycles. The lowest BCUT2D eigenvalue weighted by Crippen LogP contribution is -2.03. The molecular formula is C12H15BrO. The van der Waals surface area contributed by atoms with Gasteiger partial charge in [0.05, 0.1) is 0 Å². The molecule has 1 aromatic rings. The predicted octanol–water partition coefficient (Wildman–Crippen LogP) is 3.03. The van der Waals surface area contributed by atoms with E-state index in [-0.39, 0.29) is 12.5 Å². The molecule has 1 aliphatic rings. The topological polar surface area (TPSA) is 20.2 Å². The van der Waals surface area contributed by atoms with E-state index in [2.05, 4.69) is 35.0 Å². The molecule has 0 spiro atoms. The lowest BCUT2D eigenvalue weighted by Gasteiger charge is -2.14. The van der Waals surface area contributed by atoms with Crippen molar-refractivity contribution >= 4 is 15.9 Å². The molecule has 1 N–H and O–H groups in total. The first-order chi connectivity index (χ1) is 6.72. The highest BCUT2D eigenvalue weighted by Crippen LogP contribution is 2.32. The van der Waals surface area contributed by atoms with Crippen molar-refractivity contribution in [2.24, 2.45) is 0 Å². The van der Waals surface area contributed by atoms with Gasteiger partial charge in [0.25, 0.3) is 0 Å². The van der Waals surface area contributed by atoms with Crippen LogP contribution in [0.5, 0.6) is 0 Å². The molecule has 0 radical (unpaired) electrons. The van der Waals surface area contributed by atoms with Crippen LogP contribution < -0.4 is 0 Å². The predicted molar refractivity (Wildman–Crippen MR) is 61.7 cm³/mol. The Morgan fingerprint density at radius 3 is 2.93 bits per heavy atom. The van der Waals surface area contributed by atoms with Crippen LogP contribution in [-0.4, -0.2) is 11.7 Å². The van der Waals surface area contributed by atoms with Gasteiger partial charge in [0.2, 0.25) is 0 Å². The summed E-state index contributed by atoms with van der Waals surface area (Å²) in [6.45, 7) is 2.32. The molecule has 1 aliphatic carbocycles. The van der Waals surface area contributed by atoms with Crippen LogP contribution in [0.1, 0.15) is 36.0 Å². The Morgan fingerprint density at radius 1 is 1.43 bits per heavy atom. The molecule has 0 saturated heterocycles. The summed E-state index contributed by atoms with van der Waals surface area (Å²) >= 11 is 3.53. The lowest BCUT2D eigenvalue weighted by atomic mass is 9.94. The summed E-state index contributed by atoms with van der Waals surface area (Å²) in [6.07, 6.45) is 3.64. The zero-order valence-electron chi connectivity index (χ0n) is 8.39. The summed E-state index contributed by atoms with van der Waals surface area (Å²) in [4.78, 5) is 0. The highest BCUT2D eigenvalue weighted by molar-refractivity contribution is 9.10. The first-order valence-electron chi connectivity index (χ1n) is 5.14. The second-order valence-corrected chi connectivity index (χ2v) is 4.99. The van der Waals surface area contributed by atoms with Gasteiger partial charge in [-0.1, -0.05) is 22.9 Å². The molecule has 2 rings (SSSR count). The third-order valence-corrected chi connectivity index (χ3v) is 3.48. The SMILES string of the molecule is CC(CO)c1cc(Br)cc2c1CCC2. The van der Waals surface area contributed by atoms with Gasteiger partial charge in [-0.3, -0.25) is 0 Å². The maximum atomic E-state index is 9.20. The second-order valence-electron chi connectivity index (χ2n) is 4.07. The minimum Gasteiger partial charge on any atom is -0.396 e. The van der Waals surface area contributed by atoms with Gasteiger partial charge in [0.15, 0.2) is 0 Å². The standard InChI is InChI=1S/C12H15BrO/c1-8(7-14)12-6-10(13)5-9-3-2-4-11(9)12/h5-6,8,14H,2-4,7H2,1H3. The van der Waals surface area contributed by atoms with Crippen LogP contribution in [0.3, 0.4) is 0 Å². The number of hydrogen-bond acceptors (Lipinski definition) is 1. The van der Waals surface area contributed by atoms with E-state index in [1.165, 1.54) is 36.0 Å². The maximum Gasteiger partial charge on any atom is 0.0497 e. The average molecular weight is 255 g/mol. The van der Waals surface area contributed by atoms with Gasteiger partial charge in [-0.2, -0.15) is 0 Å².